The summed E-state index contributed by atoms with van der Waals surface area (Å²) in [4.78, 5) is 0. The van der Waals surface area contributed by atoms with Crippen molar-refractivity contribution >= 4 is 0 Å². The van der Waals surface area contributed by atoms with Crippen LogP contribution in [0.15, 0.2) is 0 Å². The first-order valence-corrected chi connectivity index (χ1v) is 6.64. The van der Waals surface area contributed by atoms with E-state index in [-0.39, 0.29) is 12.2 Å². The molecule has 2 unspecified atom stereocenters. The smallest absolute Gasteiger partial charge is 0.0806 e. The zero-order valence-electron chi connectivity index (χ0n) is 11.5. The van der Waals surface area contributed by atoms with Gasteiger partial charge in [-0.1, -0.05) is 20.8 Å². The summed E-state index contributed by atoms with van der Waals surface area (Å²) in [5.41, 5.74) is 0.431. The Morgan fingerprint density at radius 3 is 1.94 bits per heavy atom. The highest BCUT2D eigenvalue weighted by Gasteiger charge is 2.30. The molecule has 2 nitrogen and oxygen atoms in total. The lowest BCUT2D eigenvalue weighted by atomic mass is 9.72. The minimum absolute atomic E-state index is 0.0313. The van der Waals surface area contributed by atoms with Gasteiger partial charge in [-0.3, -0.25) is 0 Å². The SMILES string of the molecule is CC(O)C(C)OC1CCC(C(C)(C)C)CC1. The Kier molecular flexibility index (Phi) is 4.81. The second kappa shape index (κ2) is 5.50. The molecule has 0 heterocycles. The molecule has 1 saturated carbocycles. The third-order valence-corrected chi connectivity index (χ3v) is 3.99. The van der Waals surface area contributed by atoms with E-state index in [0.29, 0.717) is 11.5 Å². The Morgan fingerprint density at radius 1 is 1.06 bits per heavy atom. The minimum atomic E-state index is -0.361. The molecule has 0 saturated heterocycles. The second-order valence-corrected chi connectivity index (χ2v) is 6.42. The Labute approximate surface area is 100 Å². The Balaban J connectivity index is 2.32. The maximum Gasteiger partial charge on any atom is 0.0806 e. The van der Waals surface area contributed by atoms with E-state index < -0.39 is 0 Å². The van der Waals surface area contributed by atoms with Crippen molar-refractivity contribution in [1.29, 1.82) is 0 Å². The summed E-state index contributed by atoms with van der Waals surface area (Å²) in [6.07, 6.45) is 4.80. The van der Waals surface area contributed by atoms with E-state index >= 15 is 0 Å². The van der Waals surface area contributed by atoms with Gasteiger partial charge in [0, 0.05) is 0 Å². The van der Waals surface area contributed by atoms with Crippen LogP contribution in [0.5, 0.6) is 0 Å². The molecular formula is C14H28O2. The van der Waals surface area contributed by atoms with Gasteiger partial charge in [-0.15, -0.1) is 0 Å². The van der Waals surface area contributed by atoms with Gasteiger partial charge in [-0.2, -0.15) is 0 Å². The molecule has 0 aromatic heterocycles. The third kappa shape index (κ3) is 4.06. The van der Waals surface area contributed by atoms with Gasteiger partial charge in [0.15, 0.2) is 0 Å². The zero-order valence-corrected chi connectivity index (χ0v) is 11.5. The van der Waals surface area contributed by atoms with Gasteiger partial charge in [0.05, 0.1) is 18.3 Å². The monoisotopic (exact) mass is 228 g/mol. The number of aliphatic hydroxyl groups excluding tert-OH is 1. The lowest BCUT2D eigenvalue weighted by Gasteiger charge is -2.37. The molecule has 0 bridgehead atoms. The van der Waals surface area contributed by atoms with Gasteiger partial charge in [0.1, 0.15) is 0 Å². The average molecular weight is 228 g/mol. The molecular weight excluding hydrogens is 200 g/mol. The number of ether oxygens (including phenoxy) is 1. The first-order valence-electron chi connectivity index (χ1n) is 6.64. The molecule has 1 aliphatic rings. The lowest BCUT2D eigenvalue weighted by molar-refractivity contribution is -0.0810. The Hall–Kier alpha value is -0.0800. The fourth-order valence-electron chi connectivity index (χ4n) is 2.48. The van der Waals surface area contributed by atoms with E-state index in [4.69, 9.17) is 4.74 Å². The molecule has 0 aliphatic heterocycles. The molecule has 1 aliphatic carbocycles. The summed E-state index contributed by atoms with van der Waals surface area (Å²) >= 11 is 0. The standard InChI is InChI=1S/C14H28O2/c1-10(15)11(2)16-13-8-6-12(7-9-13)14(3,4)5/h10-13,15H,6-9H2,1-5H3. The summed E-state index contributed by atoms with van der Waals surface area (Å²) in [5, 5.41) is 9.41. The van der Waals surface area contributed by atoms with E-state index in [1.807, 2.05) is 6.92 Å². The molecule has 0 radical (unpaired) electrons. The van der Waals surface area contributed by atoms with Crippen molar-refractivity contribution in [2.75, 3.05) is 0 Å². The molecule has 0 aromatic carbocycles. The highest BCUT2D eigenvalue weighted by molar-refractivity contribution is 4.81. The van der Waals surface area contributed by atoms with Crippen LogP contribution < -0.4 is 0 Å². The quantitative estimate of drug-likeness (QED) is 0.802. The topological polar surface area (TPSA) is 29.5 Å². The maximum atomic E-state index is 9.41. The van der Waals surface area contributed by atoms with Crippen LogP contribution in [0.1, 0.15) is 60.3 Å². The lowest BCUT2D eigenvalue weighted by Crippen LogP contribution is -2.33. The van der Waals surface area contributed by atoms with Crippen molar-refractivity contribution in [2.45, 2.75) is 78.6 Å². The molecule has 1 fully saturated rings. The highest BCUT2D eigenvalue weighted by Crippen LogP contribution is 2.38. The van der Waals surface area contributed by atoms with Crippen LogP contribution in [0.4, 0.5) is 0 Å². The van der Waals surface area contributed by atoms with Crippen LogP contribution in [0.3, 0.4) is 0 Å². The van der Waals surface area contributed by atoms with E-state index in [9.17, 15) is 5.11 Å². The van der Waals surface area contributed by atoms with Crippen LogP contribution in [0.25, 0.3) is 0 Å². The second-order valence-electron chi connectivity index (χ2n) is 6.42. The summed E-state index contributed by atoms with van der Waals surface area (Å²) < 4.78 is 5.86. The van der Waals surface area contributed by atoms with Gasteiger partial charge in [0.25, 0.3) is 0 Å². The van der Waals surface area contributed by atoms with Crippen molar-refractivity contribution in [3.8, 4) is 0 Å². The van der Waals surface area contributed by atoms with Gasteiger partial charge in [-0.25, -0.2) is 0 Å². The van der Waals surface area contributed by atoms with Crippen molar-refractivity contribution in [3.63, 3.8) is 0 Å². The summed E-state index contributed by atoms with van der Waals surface area (Å²) in [7, 11) is 0. The van der Waals surface area contributed by atoms with Crippen LogP contribution in [-0.4, -0.2) is 23.4 Å². The van der Waals surface area contributed by atoms with E-state index in [2.05, 4.69) is 20.8 Å². The number of hydrogen-bond acceptors (Lipinski definition) is 2. The van der Waals surface area contributed by atoms with Gasteiger partial charge in [-0.05, 0) is 50.9 Å². The van der Waals surface area contributed by atoms with Crippen molar-refractivity contribution < 1.29 is 9.84 Å². The molecule has 1 N–H and O–H groups in total. The predicted octanol–water partition coefficient (Wildman–Crippen LogP) is 3.38. The molecule has 2 heteroatoms. The summed E-state index contributed by atoms with van der Waals surface area (Å²) in [6, 6.07) is 0. The molecule has 0 aromatic rings. The van der Waals surface area contributed by atoms with Crippen molar-refractivity contribution in [3.05, 3.63) is 0 Å². The van der Waals surface area contributed by atoms with Crippen LogP contribution >= 0.6 is 0 Å². The molecule has 0 spiro atoms. The fraction of sp³-hybridized carbons (Fsp3) is 1.00. The largest absolute Gasteiger partial charge is 0.391 e. The Morgan fingerprint density at radius 2 is 1.56 bits per heavy atom. The molecule has 1 rings (SSSR count). The first-order chi connectivity index (χ1) is 7.30. The number of hydrogen-bond donors (Lipinski definition) is 1. The predicted molar refractivity (Wildman–Crippen MR) is 67.4 cm³/mol. The third-order valence-electron chi connectivity index (χ3n) is 3.99. The van der Waals surface area contributed by atoms with Crippen LogP contribution in [-0.2, 0) is 4.74 Å². The summed E-state index contributed by atoms with van der Waals surface area (Å²) in [5.74, 6) is 0.828. The molecule has 96 valence electrons. The molecule has 2 atom stereocenters. The number of aliphatic hydroxyl groups is 1. The van der Waals surface area contributed by atoms with E-state index in [1.165, 1.54) is 12.8 Å². The van der Waals surface area contributed by atoms with E-state index in [0.717, 1.165) is 18.8 Å². The first kappa shape index (κ1) is 14.0. The maximum absolute atomic E-state index is 9.41. The number of rotatable bonds is 3. The fourth-order valence-corrected chi connectivity index (χ4v) is 2.48. The van der Waals surface area contributed by atoms with Crippen LogP contribution in [0, 0.1) is 11.3 Å². The van der Waals surface area contributed by atoms with Gasteiger partial charge in [0.2, 0.25) is 0 Å². The van der Waals surface area contributed by atoms with Gasteiger partial charge >= 0.3 is 0 Å². The average Bonchev–Trinajstić information content (AvgIpc) is 2.17. The highest BCUT2D eigenvalue weighted by atomic mass is 16.5. The van der Waals surface area contributed by atoms with Crippen molar-refractivity contribution in [1.82, 2.24) is 0 Å². The summed E-state index contributed by atoms with van der Waals surface area (Å²) in [6.45, 7) is 10.7. The Bertz CT molecular complexity index is 197. The zero-order chi connectivity index (χ0) is 12.3. The van der Waals surface area contributed by atoms with Crippen molar-refractivity contribution in [2.24, 2.45) is 11.3 Å². The normalized spacial score (nSPS) is 31.1. The molecule has 0 amide bonds. The minimum Gasteiger partial charge on any atom is -0.391 e. The molecule has 16 heavy (non-hydrogen) atoms. The van der Waals surface area contributed by atoms with Gasteiger partial charge < -0.3 is 9.84 Å². The van der Waals surface area contributed by atoms with Crippen LogP contribution in [0.2, 0.25) is 0 Å². The van der Waals surface area contributed by atoms with E-state index in [1.54, 1.807) is 6.92 Å².